The van der Waals surface area contributed by atoms with Gasteiger partial charge in [-0.1, -0.05) is 112 Å². The van der Waals surface area contributed by atoms with Crippen molar-refractivity contribution in [2.45, 2.75) is 130 Å². The first-order valence-electron chi connectivity index (χ1n) is 11.4. The molecule has 0 saturated heterocycles. The number of benzene rings is 1. The summed E-state index contributed by atoms with van der Waals surface area (Å²) < 4.78 is 0. The van der Waals surface area contributed by atoms with Crippen molar-refractivity contribution < 1.29 is 5.11 Å². The fourth-order valence-corrected chi connectivity index (χ4v) is 4.03. The van der Waals surface area contributed by atoms with Crippen LogP contribution in [0.1, 0.15) is 136 Å². The molecule has 0 heterocycles. The molecule has 0 spiro atoms. The van der Waals surface area contributed by atoms with Crippen LogP contribution in [0.15, 0.2) is 12.1 Å². The highest BCUT2D eigenvalue weighted by Crippen LogP contribution is 2.42. The Kier molecular flexibility index (Phi) is 9.39. The SMILES string of the molecule is CCCCCCCCC(CCC)c1cc(C(C)(C)C)c(O)c(C(C)(C)C)c1. The van der Waals surface area contributed by atoms with Crippen LogP contribution in [0.2, 0.25) is 0 Å². The van der Waals surface area contributed by atoms with Crippen molar-refractivity contribution in [2.75, 3.05) is 0 Å². The third-order valence-corrected chi connectivity index (χ3v) is 5.76. The second-order valence-electron chi connectivity index (χ2n) is 10.5. The summed E-state index contributed by atoms with van der Waals surface area (Å²) in [6.45, 7) is 17.8. The van der Waals surface area contributed by atoms with Crippen LogP contribution in [0.4, 0.5) is 0 Å². The van der Waals surface area contributed by atoms with Crippen LogP contribution in [0, 0.1) is 0 Å². The third kappa shape index (κ3) is 7.51. The normalized spacial score (nSPS) is 13.8. The Hall–Kier alpha value is -0.980. The first-order chi connectivity index (χ1) is 12.5. The highest BCUT2D eigenvalue weighted by molar-refractivity contribution is 5.50. The van der Waals surface area contributed by atoms with Crippen LogP contribution in [0.3, 0.4) is 0 Å². The molecule has 1 heteroatoms. The van der Waals surface area contributed by atoms with Gasteiger partial charge in [0.15, 0.2) is 0 Å². The Balaban J connectivity index is 3.10. The first-order valence-corrected chi connectivity index (χ1v) is 11.4. The molecule has 1 nitrogen and oxygen atoms in total. The highest BCUT2D eigenvalue weighted by Gasteiger charge is 2.27. The van der Waals surface area contributed by atoms with E-state index < -0.39 is 0 Å². The Morgan fingerprint density at radius 1 is 0.704 bits per heavy atom. The molecule has 0 saturated carbocycles. The zero-order chi connectivity index (χ0) is 20.7. The summed E-state index contributed by atoms with van der Waals surface area (Å²) in [5.41, 5.74) is 3.56. The molecular formula is C26H46O. The predicted octanol–water partition coefficient (Wildman–Crippen LogP) is 8.62. The van der Waals surface area contributed by atoms with Gasteiger partial charge in [-0.15, -0.1) is 0 Å². The topological polar surface area (TPSA) is 20.2 Å². The van der Waals surface area contributed by atoms with Crippen molar-refractivity contribution in [3.63, 3.8) is 0 Å². The monoisotopic (exact) mass is 374 g/mol. The van der Waals surface area contributed by atoms with E-state index in [-0.39, 0.29) is 10.8 Å². The van der Waals surface area contributed by atoms with Gasteiger partial charge in [-0.2, -0.15) is 0 Å². The van der Waals surface area contributed by atoms with Crippen LogP contribution in [0.5, 0.6) is 5.75 Å². The van der Waals surface area contributed by atoms with Gasteiger partial charge >= 0.3 is 0 Å². The minimum atomic E-state index is -0.0446. The number of hydrogen-bond acceptors (Lipinski definition) is 1. The maximum atomic E-state index is 11.0. The third-order valence-electron chi connectivity index (χ3n) is 5.76. The van der Waals surface area contributed by atoms with Gasteiger partial charge < -0.3 is 5.11 Å². The number of hydrogen-bond donors (Lipinski definition) is 1. The predicted molar refractivity (Wildman–Crippen MR) is 121 cm³/mol. The lowest BCUT2D eigenvalue weighted by Crippen LogP contribution is -2.18. The van der Waals surface area contributed by atoms with Crippen LogP contribution < -0.4 is 0 Å². The Labute approximate surface area is 170 Å². The molecule has 1 rings (SSSR count). The van der Waals surface area contributed by atoms with Gasteiger partial charge in [-0.25, -0.2) is 0 Å². The Morgan fingerprint density at radius 3 is 1.63 bits per heavy atom. The number of rotatable bonds is 10. The van der Waals surface area contributed by atoms with E-state index >= 15 is 0 Å². The smallest absolute Gasteiger partial charge is 0.123 e. The fourth-order valence-electron chi connectivity index (χ4n) is 4.03. The van der Waals surface area contributed by atoms with Crippen molar-refractivity contribution in [1.29, 1.82) is 0 Å². The summed E-state index contributed by atoms with van der Waals surface area (Å²) in [6.07, 6.45) is 11.9. The van der Waals surface area contributed by atoms with Gasteiger partial charge in [0.25, 0.3) is 0 Å². The highest BCUT2D eigenvalue weighted by atomic mass is 16.3. The van der Waals surface area contributed by atoms with E-state index in [9.17, 15) is 5.11 Å². The molecule has 0 aliphatic carbocycles. The number of phenolic OH excluding ortho intramolecular Hbond substituents is 1. The number of unbranched alkanes of at least 4 members (excludes halogenated alkanes) is 5. The second kappa shape index (κ2) is 10.5. The lowest BCUT2D eigenvalue weighted by Gasteiger charge is -2.30. The molecule has 0 amide bonds. The minimum absolute atomic E-state index is 0.0446. The van der Waals surface area contributed by atoms with Gasteiger partial charge in [0.1, 0.15) is 5.75 Å². The first kappa shape index (κ1) is 24.1. The van der Waals surface area contributed by atoms with E-state index in [2.05, 4.69) is 67.5 Å². The standard InChI is InChI=1S/C26H46O/c1-9-11-12-13-14-15-17-20(16-10-2)21-18-22(25(3,4)5)24(27)23(19-21)26(6,7)8/h18-20,27H,9-17H2,1-8H3. The molecule has 0 aromatic heterocycles. The van der Waals surface area contributed by atoms with Gasteiger partial charge in [0.05, 0.1) is 0 Å². The molecule has 1 unspecified atom stereocenters. The fraction of sp³-hybridized carbons (Fsp3) is 0.769. The molecule has 0 aliphatic heterocycles. The van der Waals surface area contributed by atoms with E-state index in [1.807, 2.05) is 0 Å². The number of phenols is 1. The Morgan fingerprint density at radius 2 is 1.19 bits per heavy atom. The summed E-state index contributed by atoms with van der Waals surface area (Å²) in [5, 5.41) is 11.0. The van der Waals surface area contributed by atoms with E-state index in [1.165, 1.54) is 63.4 Å². The molecule has 0 fully saturated rings. The molecule has 0 aliphatic rings. The van der Waals surface area contributed by atoms with Crippen molar-refractivity contribution in [3.8, 4) is 5.75 Å². The molecule has 0 bridgehead atoms. The van der Waals surface area contributed by atoms with E-state index in [1.54, 1.807) is 0 Å². The van der Waals surface area contributed by atoms with Crippen molar-refractivity contribution in [3.05, 3.63) is 28.8 Å². The molecular weight excluding hydrogens is 328 g/mol. The van der Waals surface area contributed by atoms with Crippen LogP contribution in [-0.2, 0) is 10.8 Å². The average molecular weight is 375 g/mol. The molecule has 27 heavy (non-hydrogen) atoms. The van der Waals surface area contributed by atoms with Crippen molar-refractivity contribution in [1.82, 2.24) is 0 Å². The maximum Gasteiger partial charge on any atom is 0.123 e. The lowest BCUT2D eigenvalue weighted by molar-refractivity contribution is 0.421. The number of aromatic hydroxyl groups is 1. The minimum Gasteiger partial charge on any atom is -0.507 e. The molecule has 1 atom stereocenters. The van der Waals surface area contributed by atoms with Gasteiger partial charge in [0, 0.05) is 0 Å². The van der Waals surface area contributed by atoms with Crippen LogP contribution >= 0.6 is 0 Å². The molecule has 1 aromatic carbocycles. The summed E-state index contributed by atoms with van der Waals surface area (Å²) >= 11 is 0. The van der Waals surface area contributed by atoms with Gasteiger partial charge in [-0.3, -0.25) is 0 Å². The second-order valence-corrected chi connectivity index (χ2v) is 10.5. The lowest BCUT2D eigenvalue weighted by atomic mass is 9.76. The largest absolute Gasteiger partial charge is 0.507 e. The van der Waals surface area contributed by atoms with E-state index in [0.29, 0.717) is 11.7 Å². The van der Waals surface area contributed by atoms with Crippen LogP contribution in [0.25, 0.3) is 0 Å². The van der Waals surface area contributed by atoms with Crippen molar-refractivity contribution >= 4 is 0 Å². The zero-order valence-electron chi connectivity index (χ0n) is 19.5. The molecule has 0 radical (unpaired) electrons. The van der Waals surface area contributed by atoms with E-state index in [4.69, 9.17) is 0 Å². The van der Waals surface area contributed by atoms with Crippen molar-refractivity contribution in [2.24, 2.45) is 0 Å². The van der Waals surface area contributed by atoms with Crippen LogP contribution in [-0.4, -0.2) is 5.11 Å². The molecule has 1 aromatic rings. The van der Waals surface area contributed by atoms with E-state index in [0.717, 1.165) is 11.1 Å². The quantitative estimate of drug-likeness (QED) is 0.406. The summed E-state index contributed by atoms with van der Waals surface area (Å²) in [6, 6.07) is 4.62. The molecule has 1 N–H and O–H groups in total. The maximum absolute atomic E-state index is 11.0. The average Bonchev–Trinajstić information content (AvgIpc) is 2.55. The zero-order valence-corrected chi connectivity index (χ0v) is 19.5. The summed E-state index contributed by atoms with van der Waals surface area (Å²) in [7, 11) is 0. The van der Waals surface area contributed by atoms with Gasteiger partial charge in [0.2, 0.25) is 0 Å². The molecule has 156 valence electrons. The summed E-state index contributed by atoms with van der Waals surface area (Å²) in [5.74, 6) is 1.12. The van der Waals surface area contributed by atoms with Gasteiger partial charge in [-0.05, 0) is 46.3 Å². The Bertz CT molecular complexity index is 522. The summed E-state index contributed by atoms with van der Waals surface area (Å²) in [4.78, 5) is 0.